The van der Waals surface area contributed by atoms with Gasteiger partial charge in [0.25, 0.3) is 0 Å². The van der Waals surface area contributed by atoms with Crippen molar-refractivity contribution in [3.05, 3.63) is 0 Å². The highest BCUT2D eigenvalue weighted by Gasteiger charge is 2.48. The van der Waals surface area contributed by atoms with Crippen LogP contribution in [0.4, 0.5) is 0 Å². The highest BCUT2D eigenvalue weighted by molar-refractivity contribution is 4.96. The van der Waals surface area contributed by atoms with E-state index in [2.05, 4.69) is 0 Å². The second-order valence-corrected chi connectivity index (χ2v) is 6.05. The molecule has 2 fully saturated rings. The van der Waals surface area contributed by atoms with E-state index in [1.165, 1.54) is 0 Å². The Bertz CT molecular complexity index is 384. The van der Waals surface area contributed by atoms with Crippen molar-refractivity contribution in [2.24, 2.45) is 0 Å². The topological polar surface area (TPSA) is 163 Å². The quantitative estimate of drug-likeness (QED) is 0.264. The first-order chi connectivity index (χ1) is 10.8. The van der Waals surface area contributed by atoms with Gasteiger partial charge in [0.05, 0.1) is 25.4 Å². The summed E-state index contributed by atoms with van der Waals surface area (Å²) < 4.78 is 10.6. The minimum atomic E-state index is -1.63. The lowest BCUT2D eigenvalue weighted by molar-refractivity contribution is -0.329. The molecular weight excluding hydrogens is 314 g/mol. The molecule has 2 heterocycles. The average Bonchev–Trinajstić information content (AvgIpc) is 2.51. The van der Waals surface area contributed by atoms with Crippen LogP contribution in [0.3, 0.4) is 0 Å². The number of likely N-dealkylation sites (tertiary alicyclic amines) is 1. The number of likely N-dealkylation sites (N-methyl/N-ethyl adjacent to an activating group) is 1. The van der Waals surface area contributed by atoms with Crippen LogP contribution in [0.5, 0.6) is 0 Å². The number of ether oxygens (including phenoxy) is 2. The van der Waals surface area contributed by atoms with Gasteiger partial charge >= 0.3 is 0 Å². The standard InChI is InChI=1S/C13H25NO9/c1-14-2-6(17)12(8(18)5(14)3-15)23-13-11(21)10(20)9(19)7(4-16)22-13/h5-13,15-21H,2-4H2,1H3/t5-,6-,7-,8-,9-,10+,11-,12-,13-/m1/s1. The largest absolute Gasteiger partial charge is 0.395 e. The molecule has 0 unspecified atom stereocenters. The van der Waals surface area contributed by atoms with Crippen molar-refractivity contribution in [3.63, 3.8) is 0 Å². The molecule has 0 aromatic rings. The minimum Gasteiger partial charge on any atom is -0.395 e. The summed E-state index contributed by atoms with van der Waals surface area (Å²) in [4.78, 5) is 1.57. The van der Waals surface area contributed by atoms with Gasteiger partial charge in [-0.25, -0.2) is 0 Å². The second kappa shape index (κ2) is 7.66. The molecule has 23 heavy (non-hydrogen) atoms. The maximum Gasteiger partial charge on any atom is 0.187 e. The fourth-order valence-corrected chi connectivity index (χ4v) is 2.99. The third-order valence-corrected chi connectivity index (χ3v) is 4.48. The van der Waals surface area contributed by atoms with Crippen LogP contribution >= 0.6 is 0 Å². The van der Waals surface area contributed by atoms with Gasteiger partial charge < -0.3 is 45.2 Å². The fourth-order valence-electron chi connectivity index (χ4n) is 2.99. The highest BCUT2D eigenvalue weighted by Crippen LogP contribution is 2.27. The van der Waals surface area contributed by atoms with E-state index in [-0.39, 0.29) is 13.2 Å². The molecule has 0 spiro atoms. The zero-order valence-electron chi connectivity index (χ0n) is 12.7. The van der Waals surface area contributed by atoms with Crippen molar-refractivity contribution in [1.82, 2.24) is 4.90 Å². The van der Waals surface area contributed by atoms with Gasteiger partial charge in [0.15, 0.2) is 6.29 Å². The van der Waals surface area contributed by atoms with Crippen LogP contribution in [0.25, 0.3) is 0 Å². The molecular formula is C13H25NO9. The van der Waals surface area contributed by atoms with Gasteiger partial charge in [0.1, 0.15) is 36.6 Å². The number of hydrogen-bond donors (Lipinski definition) is 7. The Morgan fingerprint density at radius 3 is 2.17 bits per heavy atom. The average molecular weight is 339 g/mol. The summed E-state index contributed by atoms with van der Waals surface area (Å²) in [7, 11) is 1.62. The predicted molar refractivity (Wildman–Crippen MR) is 74.2 cm³/mol. The minimum absolute atomic E-state index is 0.115. The molecule has 10 nitrogen and oxygen atoms in total. The Balaban J connectivity index is 2.10. The number of nitrogens with zero attached hydrogens (tertiary/aromatic N) is 1. The number of β-amino-alcohol motifs (C(OH)–C–C–N with tert-alkyl or cyclic N) is 1. The van der Waals surface area contributed by atoms with Gasteiger partial charge in [0.2, 0.25) is 0 Å². The lowest BCUT2D eigenvalue weighted by Crippen LogP contribution is -2.65. The van der Waals surface area contributed by atoms with Crippen molar-refractivity contribution in [3.8, 4) is 0 Å². The third kappa shape index (κ3) is 3.66. The molecule has 0 radical (unpaired) electrons. The molecule has 0 amide bonds. The van der Waals surface area contributed by atoms with Crippen molar-refractivity contribution in [2.75, 3.05) is 26.8 Å². The fraction of sp³-hybridized carbons (Fsp3) is 1.00. The van der Waals surface area contributed by atoms with E-state index < -0.39 is 61.7 Å². The monoisotopic (exact) mass is 339 g/mol. The summed E-state index contributed by atoms with van der Waals surface area (Å²) in [6.45, 7) is -0.855. The van der Waals surface area contributed by atoms with E-state index in [9.17, 15) is 30.6 Å². The van der Waals surface area contributed by atoms with Gasteiger partial charge in [-0.1, -0.05) is 0 Å². The Kier molecular flexibility index (Phi) is 6.30. The van der Waals surface area contributed by atoms with E-state index in [1.807, 2.05) is 0 Å². The van der Waals surface area contributed by atoms with E-state index in [0.29, 0.717) is 0 Å². The summed E-state index contributed by atoms with van der Waals surface area (Å²) >= 11 is 0. The van der Waals surface area contributed by atoms with Crippen molar-refractivity contribution in [1.29, 1.82) is 0 Å². The first-order valence-corrected chi connectivity index (χ1v) is 7.45. The molecule has 0 aromatic heterocycles. The van der Waals surface area contributed by atoms with Crippen LogP contribution in [0.15, 0.2) is 0 Å². The van der Waals surface area contributed by atoms with Crippen molar-refractivity contribution >= 4 is 0 Å². The SMILES string of the molecule is CN1C[C@@H](O)[C@@H](O[C@H]2O[C@H](CO)[C@@H](O)[C@H](O)[C@H]2O)[C@H](O)[C@H]1CO. The lowest BCUT2D eigenvalue weighted by Gasteiger charge is -2.46. The van der Waals surface area contributed by atoms with Gasteiger partial charge in [-0.2, -0.15) is 0 Å². The Hall–Kier alpha value is -0.400. The predicted octanol–water partition coefficient (Wildman–Crippen LogP) is -4.80. The summed E-state index contributed by atoms with van der Waals surface area (Å²) in [5.74, 6) is 0. The van der Waals surface area contributed by atoms with E-state index >= 15 is 0 Å². The number of aliphatic hydroxyl groups is 7. The van der Waals surface area contributed by atoms with Crippen LogP contribution < -0.4 is 0 Å². The first kappa shape index (κ1) is 18.9. The second-order valence-electron chi connectivity index (χ2n) is 6.05. The molecule has 10 heteroatoms. The first-order valence-electron chi connectivity index (χ1n) is 7.45. The molecule has 0 aliphatic carbocycles. The van der Waals surface area contributed by atoms with Crippen LogP contribution in [0.2, 0.25) is 0 Å². The Morgan fingerprint density at radius 2 is 1.61 bits per heavy atom. The molecule has 9 atom stereocenters. The van der Waals surface area contributed by atoms with Crippen molar-refractivity contribution in [2.45, 2.75) is 55.1 Å². The number of piperidine rings is 1. The van der Waals surface area contributed by atoms with Crippen LogP contribution in [0, 0.1) is 0 Å². The lowest BCUT2D eigenvalue weighted by atomic mass is 9.94. The van der Waals surface area contributed by atoms with Crippen molar-refractivity contribution < 1.29 is 45.2 Å². The van der Waals surface area contributed by atoms with E-state index in [1.54, 1.807) is 11.9 Å². The maximum atomic E-state index is 10.2. The zero-order valence-corrected chi connectivity index (χ0v) is 12.7. The number of rotatable bonds is 4. The summed E-state index contributed by atoms with van der Waals surface area (Å²) in [6.07, 6.45) is -10.9. The number of aliphatic hydroxyl groups excluding tert-OH is 7. The molecule has 2 rings (SSSR count). The van der Waals surface area contributed by atoms with Gasteiger partial charge in [-0.15, -0.1) is 0 Å². The zero-order chi connectivity index (χ0) is 17.3. The molecule has 0 aromatic carbocycles. The van der Waals surface area contributed by atoms with E-state index in [4.69, 9.17) is 14.6 Å². The van der Waals surface area contributed by atoms with E-state index in [0.717, 1.165) is 0 Å². The van der Waals surface area contributed by atoms with Crippen LogP contribution in [0.1, 0.15) is 0 Å². The van der Waals surface area contributed by atoms with Gasteiger partial charge in [-0.05, 0) is 7.05 Å². The molecule has 2 aliphatic rings. The molecule has 0 bridgehead atoms. The number of hydrogen-bond acceptors (Lipinski definition) is 10. The summed E-state index contributed by atoms with van der Waals surface area (Å²) in [5, 5.41) is 68.1. The molecule has 136 valence electrons. The van der Waals surface area contributed by atoms with Crippen LogP contribution in [-0.4, -0.2) is 123 Å². The normalized spacial score (nSPS) is 49.3. The van der Waals surface area contributed by atoms with Gasteiger partial charge in [0, 0.05) is 6.54 Å². The molecule has 2 saturated heterocycles. The summed E-state index contributed by atoms with van der Waals surface area (Å²) in [6, 6.07) is -0.673. The van der Waals surface area contributed by atoms with Gasteiger partial charge in [-0.3, -0.25) is 4.90 Å². The molecule has 7 N–H and O–H groups in total. The smallest absolute Gasteiger partial charge is 0.187 e. The van der Waals surface area contributed by atoms with Crippen LogP contribution in [-0.2, 0) is 9.47 Å². The Labute approximate surface area is 133 Å². The molecule has 0 saturated carbocycles. The molecule has 2 aliphatic heterocycles. The summed E-state index contributed by atoms with van der Waals surface area (Å²) in [5.41, 5.74) is 0. The highest BCUT2D eigenvalue weighted by atomic mass is 16.7. The maximum absolute atomic E-state index is 10.2. The third-order valence-electron chi connectivity index (χ3n) is 4.48. The Morgan fingerprint density at radius 1 is 0.957 bits per heavy atom.